The van der Waals surface area contributed by atoms with E-state index in [0.29, 0.717) is 12.3 Å². The highest BCUT2D eigenvalue weighted by Gasteiger charge is 2.26. The summed E-state index contributed by atoms with van der Waals surface area (Å²) in [4.78, 5) is 14.9. The molecule has 3 unspecified atom stereocenters. The maximum Gasteiger partial charge on any atom is 0.269 e. The van der Waals surface area contributed by atoms with Gasteiger partial charge in [-0.1, -0.05) is 25.5 Å². The third-order valence-corrected chi connectivity index (χ3v) is 6.28. The first kappa shape index (κ1) is 20.4. The van der Waals surface area contributed by atoms with Crippen LogP contribution >= 0.6 is 0 Å². The quantitative estimate of drug-likeness (QED) is 0.328. The Morgan fingerprint density at radius 3 is 2.65 bits per heavy atom. The minimum absolute atomic E-state index is 0.0833. The number of hydrogen-bond acceptors (Lipinski definition) is 4. The number of guanidine groups is 1. The molecule has 0 heterocycles. The lowest BCUT2D eigenvalue weighted by atomic mass is 9.95. The highest BCUT2D eigenvalue weighted by Crippen LogP contribution is 2.23. The van der Waals surface area contributed by atoms with Gasteiger partial charge < -0.3 is 10.6 Å². The van der Waals surface area contributed by atoms with Crippen molar-refractivity contribution in [3.05, 3.63) is 39.9 Å². The van der Waals surface area contributed by atoms with Crippen LogP contribution in [0.25, 0.3) is 0 Å². The number of benzene rings is 1. The second kappa shape index (κ2) is 10.3. The van der Waals surface area contributed by atoms with Crippen molar-refractivity contribution in [2.24, 2.45) is 4.99 Å². The van der Waals surface area contributed by atoms with Gasteiger partial charge in [-0.25, -0.2) is 4.99 Å². The zero-order valence-electron chi connectivity index (χ0n) is 15.4. The van der Waals surface area contributed by atoms with Crippen molar-refractivity contribution in [1.29, 1.82) is 0 Å². The standard InChI is InChI=1S/C18H28N4O3S/c1-3-19-18(20-13-14-8-10-16(11-9-14)22(23)24)21-15-6-5-7-17(12-15)26(25)4-2/h8-11,15,17H,3-7,12-13H2,1-2H3,(H2,19,20,21). The molecule has 1 aromatic rings. The van der Waals surface area contributed by atoms with Gasteiger partial charge in [-0.3, -0.25) is 14.3 Å². The van der Waals surface area contributed by atoms with Crippen molar-refractivity contribution in [3.8, 4) is 0 Å². The highest BCUT2D eigenvalue weighted by atomic mass is 32.2. The average Bonchev–Trinajstić information content (AvgIpc) is 2.66. The molecular weight excluding hydrogens is 352 g/mol. The molecule has 1 aliphatic carbocycles. The molecule has 0 amide bonds. The molecule has 0 radical (unpaired) electrons. The predicted molar refractivity (Wildman–Crippen MR) is 106 cm³/mol. The number of non-ortho nitro benzene ring substituents is 1. The third kappa shape index (κ3) is 6.09. The highest BCUT2D eigenvalue weighted by molar-refractivity contribution is 7.85. The van der Waals surface area contributed by atoms with Crippen molar-refractivity contribution in [3.63, 3.8) is 0 Å². The zero-order valence-corrected chi connectivity index (χ0v) is 16.3. The molecule has 0 bridgehead atoms. The number of nitro groups is 1. The number of hydrogen-bond donors (Lipinski definition) is 2. The lowest BCUT2D eigenvalue weighted by Crippen LogP contribution is -2.46. The van der Waals surface area contributed by atoms with Crippen molar-refractivity contribution in [2.45, 2.75) is 57.4 Å². The molecule has 1 saturated carbocycles. The molecule has 0 aliphatic heterocycles. The van der Waals surface area contributed by atoms with Crippen LogP contribution in [0.2, 0.25) is 0 Å². The summed E-state index contributed by atoms with van der Waals surface area (Å²) in [5.41, 5.74) is 1.00. The van der Waals surface area contributed by atoms with Crippen LogP contribution in [0.1, 0.15) is 45.1 Å². The van der Waals surface area contributed by atoms with E-state index < -0.39 is 15.7 Å². The zero-order chi connectivity index (χ0) is 18.9. The molecule has 26 heavy (non-hydrogen) atoms. The van der Waals surface area contributed by atoms with Crippen molar-refractivity contribution in [1.82, 2.24) is 10.6 Å². The average molecular weight is 381 g/mol. The van der Waals surface area contributed by atoms with Gasteiger partial charge in [0.1, 0.15) is 0 Å². The third-order valence-electron chi connectivity index (χ3n) is 4.53. The second-order valence-electron chi connectivity index (χ2n) is 6.42. The fourth-order valence-corrected chi connectivity index (χ4v) is 4.51. The first-order valence-electron chi connectivity index (χ1n) is 9.18. The summed E-state index contributed by atoms with van der Waals surface area (Å²) in [5, 5.41) is 17.7. The molecular formula is C18H28N4O3S. The molecule has 3 atom stereocenters. The van der Waals surface area contributed by atoms with E-state index in [1.807, 2.05) is 13.8 Å². The summed E-state index contributed by atoms with van der Waals surface area (Å²) < 4.78 is 12.1. The van der Waals surface area contributed by atoms with Crippen LogP contribution in [0.15, 0.2) is 29.3 Å². The fourth-order valence-electron chi connectivity index (χ4n) is 3.16. The van der Waals surface area contributed by atoms with Gasteiger partial charge in [0, 0.05) is 46.5 Å². The Hall–Kier alpha value is -1.96. The summed E-state index contributed by atoms with van der Waals surface area (Å²) in [7, 11) is -0.748. The fraction of sp³-hybridized carbons (Fsp3) is 0.611. The molecule has 8 heteroatoms. The summed E-state index contributed by atoms with van der Waals surface area (Å²) >= 11 is 0. The van der Waals surface area contributed by atoms with Crippen molar-refractivity contribution < 1.29 is 9.13 Å². The van der Waals surface area contributed by atoms with Crippen LogP contribution in [-0.2, 0) is 17.3 Å². The number of aliphatic imine (C=N–C) groups is 1. The van der Waals surface area contributed by atoms with Gasteiger partial charge in [0.15, 0.2) is 5.96 Å². The Balaban J connectivity index is 1.97. The molecule has 2 N–H and O–H groups in total. The lowest BCUT2D eigenvalue weighted by molar-refractivity contribution is -0.384. The smallest absolute Gasteiger partial charge is 0.269 e. The molecule has 1 fully saturated rings. The molecule has 7 nitrogen and oxygen atoms in total. The summed E-state index contributed by atoms with van der Waals surface area (Å²) in [6, 6.07) is 6.73. The minimum Gasteiger partial charge on any atom is -0.357 e. The number of rotatable bonds is 7. The summed E-state index contributed by atoms with van der Waals surface area (Å²) in [6.07, 6.45) is 4.08. The SMILES string of the molecule is CCNC(=NCc1ccc([N+](=O)[O-])cc1)NC1CCCC(S(=O)CC)C1. The van der Waals surface area contributed by atoms with Gasteiger partial charge in [-0.2, -0.15) is 0 Å². The van der Waals surface area contributed by atoms with E-state index in [2.05, 4.69) is 15.6 Å². The van der Waals surface area contributed by atoms with Crippen LogP contribution in [0.4, 0.5) is 5.69 Å². The van der Waals surface area contributed by atoms with Crippen molar-refractivity contribution in [2.75, 3.05) is 12.3 Å². The van der Waals surface area contributed by atoms with E-state index in [1.165, 1.54) is 12.1 Å². The molecule has 1 aliphatic rings. The number of nitrogens with one attached hydrogen (secondary N) is 2. The van der Waals surface area contributed by atoms with Crippen LogP contribution in [0.3, 0.4) is 0 Å². The molecule has 1 aromatic carbocycles. The van der Waals surface area contributed by atoms with Gasteiger partial charge >= 0.3 is 0 Å². The Labute approximate surface area is 157 Å². The van der Waals surface area contributed by atoms with Gasteiger partial charge in [-0.05, 0) is 31.7 Å². The minimum atomic E-state index is -0.748. The van der Waals surface area contributed by atoms with E-state index in [4.69, 9.17) is 0 Å². The number of nitro benzene ring substituents is 1. The van der Waals surface area contributed by atoms with Crippen LogP contribution in [-0.4, -0.2) is 38.7 Å². The Morgan fingerprint density at radius 2 is 2.04 bits per heavy atom. The van der Waals surface area contributed by atoms with Gasteiger partial charge in [-0.15, -0.1) is 0 Å². The predicted octanol–water partition coefficient (Wildman–Crippen LogP) is 2.73. The van der Waals surface area contributed by atoms with Crippen molar-refractivity contribution >= 4 is 22.4 Å². The first-order valence-corrected chi connectivity index (χ1v) is 10.6. The summed E-state index contributed by atoms with van der Waals surface area (Å²) in [6.45, 7) is 5.19. The van der Waals surface area contributed by atoms with Gasteiger partial charge in [0.05, 0.1) is 11.5 Å². The topological polar surface area (TPSA) is 96.6 Å². The first-order chi connectivity index (χ1) is 12.5. The molecule has 0 spiro atoms. The van der Waals surface area contributed by atoms with Gasteiger partial charge in [0.25, 0.3) is 5.69 Å². The van der Waals surface area contributed by atoms with Crippen LogP contribution in [0.5, 0.6) is 0 Å². The van der Waals surface area contributed by atoms with E-state index >= 15 is 0 Å². The molecule has 0 aromatic heterocycles. The second-order valence-corrected chi connectivity index (χ2v) is 8.42. The Kier molecular flexibility index (Phi) is 8.03. The van der Waals surface area contributed by atoms with Crippen LogP contribution < -0.4 is 10.6 Å². The number of nitrogens with zero attached hydrogens (tertiary/aromatic N) is 2. The van der Waals surface area contributed by atoms with E-state index in [0.717, 1.165) is 43.8 Å². The monoisotopic (exact) mass is 380 g/mol. The summed E-state index contributed by atoms with van der Waals surface area (Å²) in [5.74, 6) is 1.45. The van der Waals surface area contributed by atoms with E-state index in [-0.39, 0.29) is 17.0 Å². The molecule has 2 rings (SSSR count). The van der Waals surface area contributed by atoms with E-state index in [9.17, 15) is 14.3 Å². The molecule has 144 valence electrons. The van der Waals surface area contributed by atoms with Gasteiger partial charge in [0.2, 0.25) is 0 Å². The lowest BCUT2D eigenvalue weighted by Gasteiger charge is -2.30. The van der Waals surface area contributed by atoms with Crippen LogP contribution in [0, 0.1) is 10.1 Å². The maximum atomic E-state index is 12.1. The largest absolute Gasteiger partial charge is 0.357 e. The maximum absolute atomic E-state index is 12.1. The Morgan fingerprint density at radius 1 is 1.31 bits per heavy atom. The Bertz CT molecular complexity index is 648. The molecule has 0 saturated heterocycles. The normalized spacial score (nSPS) is 21.8. The van der Waals surface area contributed by atoms with E-state index in [1.54, 1.807) is 12.1 Å².